The summed E-state index contributed by atoms with van der Waals surface area (Å²) in [5.74, 6) is -0.314. The van der Waals surface area contributed by atoms with Gasteiger partial charge in [0.25, 0.3) is 5.91 Å². The highest BCUT2D eigenvalue weighted by Gasteiger charge is 2.25. The molecule has 2 amide bonds. The number of benzene rings is 1. The summed E-state index contributed by atoms with van der Waals surface area (Å²) in [7, 11) is 0. The van der Waals surface area contributed by atoms with Gasteiger partial charge in [0.2, 0.25) is 5.91 Å². The molecule has 3 rings (SSSR count). The summed E-state index contributed by atoms with van der Waals surface area (Å²) >= 11 is 1.36. The zero-order valence-corrected chi connectivity index (χ0v) is 13.8. The van der Waals surface area contributed by atoms with Gasteiger partial charge in [0, 0.05) is 12.1 Å². The van der Waals surface area contributed by atoms with Gasteiger partial charge in [-0.25, -0.2) is 4.98 Å². The molecule has 5 nitrogen and oxygen atoms in total. The summed E-state index contributed by atoms with van der Waals surface area (Å²) in [6.45, 7) is 2.51. The van der Waals surface area contributed by atoms with Gasteiger partial charge in [0.1, 0.15) is 15.9 Å². The molecule has 1 aliphatic heterocycles. The predicted octanol–water partition coefficient (Wildman–Crippen LogP) is 2.52. The predicted molar refractivity (Wildman–Crippen MR) is 90.4 cm³/mol. The van der Waals surface area contributed by atoms with Gasteiger partial charge in [-0.3, -0.25) is 9.59 Å². The number of thiazole rings is 1. The zero-order valence-electron chi connectivity index (χ0n) is 13.0. The van der Waals surface area contributed by atoms with Gasteiger partial charge in [-0.2, -0.15) is 0 Å². The molecule has 1 aromatic heterocycles. The Hall–Kier alpha value is -2.21. The van der Waals surface area contributed by atoms with Gasteiger partial charge in [0.15, 0.2) is 0 Å². The van der Waals surface area contributed by atoms with E-state index < -0.39 is 6.04 Å². The second kappa shape index (κ2) is 6.91. The molecular formula is C17H19N3O2S. The topological polar surface area (TPSA) is 71.1 Å². The summed E-state index contributed by atoms with van der Waals surface area (Å²) in [6, 6.07) is 9.33. The molecule has 0 saturated carbocycles. The van der Waals surface area contributed by atoms with Gasteiger partial charge < -0.3 is 10.6 Å². The highest BCUT2D eigenvalue weighted by molar-refractivity contribution is 7.17. The van der Waals surface area contributed by atoms with Gasteiger partial charge >= 0.3 is 0 Å². The highest BCUT2D eigenvalue weighted by atomic mass is 32.1. The number of nitrogens with zero attached hydrogens (tertiary/aromatic N) is 1. The van der Waals surface area contributed by atoms with Crippen molar-refractivity contribution >= 4 is 23.2 Å². The number of hydrogen-bond donors (Lipinski definition) is 2. The van der Waals surface area contributed by atoms with Crippen LogP contribution in [0.3, 0.4) is 0 Å². The van der Waals surface area contributed by atoms with Crippen molar-refractivity contribution in [2.45, 2.75) is 32.2 Å². The Morgan fingerprint density at radius 2 is 2.09 bits per heavy atom. The molecule has 1 fully saturated rings. The van der Waals surface area contributed by atoms with Crippen LogP contribution in [0, 0.1) is 6.92 Å². The third kappa shape index (κ3) is 3.59. The maximum atomic E-state index is 12.5. The number of nitrogens with one attached hydrogen (secondary N) is 2. The quantitative estimate of drug-likeness (QED) is 0.909. The first-order chi connectivity index (χ1) is 11.1. The molecular weight excluding hydrogens is 310 g/mol. The molecule has 0 spiro atoms. The minimum atomic E-state index is -0.452. The van der Waals surface area contributed by atoms with E-state index in [0.717, 1.165) is 23.4 Å². The fourth-order valence-corrected chi connectivity index (χ4v) is 3.59. The maximum Gasteiger partial charge on any atom is 0.263 e. The molecule has 2 heterocycles. The van der Waals surface area contributed by atoms with Crippen molar-refractivity contribution in [1.82, 2.24) is 15.6 Å². The van der Waals surface area contributed by atoms with Crippen LogP contribution in [0.1, 0.15) is 34.6 Å². The first-order valence-electron chi connectivity index (χ1n) is 7.76. The number of carbonyl (C=O) groups excluding carboxylic acids is 2. The average Bonchev–Trinajstić information content (AvgIpc) is 2.84. The van der Waals surface area contributed by atoms with Gasteiger partial charge in [0.05, 0.1) is 5.69 Å². The van der Waals surface area contributed by atoms with Crippen LogP contribution in [0.15, 0.2) is 30.3 Å². The Kier molecular flexibility index (Phi) is 4.71. The fourth-order valence-electron chi connectivity index (χ4n) is 2.61. The first-order valence-corrected chi connectivity index (χ1v) is 8.58. The largest absolute Gasteiger partial charge is 0.354 e. The highest BCUT2D eigenvalue weighted by Crippen LogP contribution is 2.27. The number of aromatic nitrogens is 1. The standard InChI is InChI=1S/C17H19N3O2S/c1-11-14(23-17(19-11)12-7-3-2-4-8-12)16(22)20-13-9-5-6-10-18-15(13)21/h2-4,7-8,13H,5-6,9-10H2,1H3,(H,18,21)(H,20,22). The summed E-state index contributed by atoms with van der Waals surface area (Å²) in [5.41, 5.74) is 1.69. The van der Waals surface area contributed by atoms with Crippen molar-refractivity contribution < 1.29 is 9.59 Å². The molecule has 0 bridgehead atoms. The van der Waals surface area contributed by atoms with Crippen LogP contribution in [0.25, 0.3) is 10.6 Å². The molecule has 120 valence electrons. The molecule has 0 radical (unpaired) electrons. The van der Waals surface area contributed by atoms with E-state index in [0.29, 0.717) is 23.5 Å². The Morgan fingerprint density at radius 3 is 2.87 bits per heavy atom. The Balaban J connectivity index is 1.77. The van der Waals surface area contributed by atoms with Crippen LogP contribution in [0.5, 0.6) is 0 Å². The summed E-state index contributed by atoms with van der Waals surface area (Å²) in [5, 5.41) is 6.50. The van der Waals surface area contributed by atoms with E-state index >= 15 is 0 Å². The van der Waals surface area contributed by atoms with Crippen LogP contribution in [-0.4, -0.2) is 29.4 Å². The van der Waals surface area contributed by atoms with E-state index in [1.165, 1.54) is 11.3 Å². The van der Waals surface area contributed by atoms with E-state index in [2.05, 4.69) is 15.6 Å². The minimum absolute atomic E-state index is 0.0960. The van der Waals surface area contributed by atoms with Crippen LogP contribution in [-0.2, 0) is 4.79 Å². The molecule has 1 aliphatic rings. The van der Waals surface area contributed by atoms with Crippen molar-refractivity contribution in [2.75, 3.05) is 6.54 Å². The van der Waals surface area contributed by atoms with Gasteiger partial charge in [-0.1, -0.05) is 30.3 Å². The minimum Gasteiger partial charge on any atom is -0.354 e. The van der Waals surface area contributed by atoms with E-state index in [-0.39, 0.29) is 11.8 Å². The van der Waals surface area contributed by atoms with Gasteiger partial charge in [-0.05, 0) is 26.2 Å². The third-order valence-corrected chi connectivity index (χ3v) is 5.07. The molecule has 1 aromatic carbocycles. The van der Waals surface area contributed by atoms with E-state index in [1.54, 1.807) is 0 Å². The Bertz CT molecular complexity index is 712. The third-order valence-electron chi connectivity index (χ3n) is 3.86. The van der Waals surface area contributed by atoms with Crippen LogP contribution in [0.4, 0.5) is 0 Å². The number of rotatable bonds is 3. The normalized spacial score (nSPS) is 18.1. The van der Waals surface area contributed by atoms with Crippen molar-refractivity contribution in [3.05, 3.63) is 40.9 Å². The zero-order chi connectivity index (χ0) is 16.2. The molecule has 1 unspecified atom stereocenters. The molecule has 2 aromatic rings. The smallest absolute Gasteiger partial charge is 0.263 e. The molecule has 0 aliphatic carbocycles. The molecule has 23 heavy (non-hydrogen) atoms. The second-order valence-corrected chi connectivity index (χ2v) is 6.61. The number of aryl methyl sites for hydroxylation is 1. The average molecular weight is 329 g/mol. The van der Waals surface area contributed by atoms with Crippen LogP contribution < -0.4 is 10.6 Å². The lowest BCUT2D eigenvalue weighted by molar-refractivity contribution is -0.122. The van der Waals surface area contributed by atoms with Crippen LogP contribution >= 0.6 is 11.3 Å². The lowest BCUT2D eigenvalue weighted by atomic mass is 10.1. The summed E-state index contributed by atoms with van der Waals surface area (Å²) in [6.07, 6.45) is 2.57. The summed E-state index contributed by atoms with van der Waals surface area (Å²) < 4.78 is 0. The first kappa shape index (κ1) is 15.7. The van der Waals surface area contributed by atoms with Gasteiger partial charge in [-0.15, -0.1) is 11.3 Å². The number of amides is 2. The monoisotopic (exact) mass is 329 g/mol. The van der Waals surface area contributed by atoms with Crippen LogP contribution in [0.2, 0.25) is 0 Å². The number of hydrogen-bond acceptors (Lipinski definition) is 4. The molecule has 6 heteroatoms. The fraction of sp³-hybridized carbons (Fsp3) is 0.353. The van der Waals surface area contributed by atoms with Crippen molar-refractivity contribution in [1.29, 1.82) is 0 Å². The van der Waals surface area contributed by atoms with E-state index in [1.807, 2.05) is 37.3 Å². The maximum absolute atomic E-state index is 12.5. The molecule has 1 saturated heterocycles. The summed E-state index contributed by atoms with van der Waals surface area (Å²) in [4.78, 5) is 29.5. The SMILES string of the molecule is Cc1nc(-c2ccccc2)sc1C(=O)NC1CCCCNC1=O. The van der Waals surface area contributed by atoms with E-state index in [4.69, 9.17) is 0 Å². The second-order valence-electron chi connectivity index (χ2n) is 5.61. The van der Waals surface area contributed by atoms with E-state index in [9.17, 15) is 9.59 Å². The van der Waals surface area contributed by atoms with Crippen molar-refractivity contribution in [3.63, 3.8) is 0 Å². The lowest BCUT2D eigenvalue weighted by Gasteiger charge is -2.14. The molecule has 2 N–H and O–H groups in total. The molecule has 1 atom stereocenters. The van der Waals surface area contributed by atoms with Crippen molar-refractivity contribution in [2.24, 2.45) is 0 Å². The lowest BCUT2D eigenvalue weighted by Crippen LogP contribution is -2.45. The Morgan fingerprint density at radius 1 is 1.30 bits per heavy atom. The van der Waals surface area contributed by atoms with Crippen molar-refractivity contribution in [3.8, 4) is 10.6 Å². The Labute approximate surface area is 139 Å². The number of carbonyl (C=O) groups is 2.